The molecule has 0 N–H and O–H groups in total. The van der Waals surface area contributed by atoms with Gasteiger partial charge < -0.3 is 8.98 Å². The van der Waals surface area contributed by atoms with Crippen LogP contribution in [0.2, 0.25) is 0 Å². The summed E-state index contributed by atoms with van der Waals surface area (Å²) < 4.78 is 8.96. The highest BCUT2D eigenvalue weighted by atomic mass is 35.5. The highest BCUT2D eigenvalue weighted by molar-refractivity contribution is 6.17. The van der Waals surface area contributed by atoms with Gasteiger partial charge in [0.1, 0.15) is 5.65 Å². The van der Waals surface area contributed by atoms with Crippen molar-refractivity contribution in [3.63, 3.8) is 0 Å². The SMILES string of the molecule is ClCCn1ccn2nc(-c3ccoc3)cc12. The molecule has 0 saturated heterocycles. The zero-order valence-electron chi connectivity index (χ0n) is 8.51. The van der Waals surface area contributed by atoms with Gasteiger partial charge in [-0.15, -0.1) is 11.6 Å². The Hall–Kier alpha value is -1.68. The van der Waals surface area contributed by atoms with Crippen molar-refractivity contribution >= 4 is 17.2 Å². The van der Waals surface area contributed by atoms with E-state index < -0.39 is 0 Å². The first-order chi connectivity index (χ1) is 7.88. The first-order valence-corrected chi connectivity index (χ1v) is 5.55. The molecule has 0 radical (unpaired) electrons. The number of alkyl halides is 1. The second-order valence-corrected chi connectivity index (χ2v) is 3.90. The fourth-order valence-corrected chi connectivity index (χ4v) is 1.94. The van der Waals surface area contributed by atoms with Crippen LogP contribution in [0.5, 0.6) is 0 Å². The molecule has 4 nitrogen and oxygen atoms in total. The second-order valence-electron chi connectivity index (χ2n) is 3.52. The van der Waals surface area contributed by atoms with E-state index in [1.807, 2.05) is 29.0 Å². The summed E-state index contributed by atoms with van der Waals surface area (Å²) >= 11 is 5.73. The number of furan rings is 1. The molecule has 3 aromatic rings. The Morgan fingerprint density at radius 1 is 1.38 bits per heavy atom. The van der Waals surface area contributed by atoms with Crippen LogP contribution < -0.4 is 0 Å². The minimum Gasteiger partial charge on any atom is -0.472 e. The standard InChI is InChI=1S/C11H10ClN3O/c12-2-3-14-4-5-15-11(14)7-10(13-15)9-1-6-16-8-9/h1,4-8H,2-3H2. The van der Waals surface area contributed by atoms with Crippen molar-refractivity contribution in [1.29, 1.82) is 0 Å². The maximum Gasteiger partial charge on any atom is 0.136 e. The van der Waals surface area contributed by atoms with E-state index in [0.29, 0.717) is 5.88 Å². The van der Waals surface area contributed by atoms with Crippen molar-refractivity contribution < 1.29 is 4.42 Å². The highest BCUT2D eigenvalue weighted by Gasteiger charge is 2.08. The number of hydrogen-bond acceptors (Lipinski definition) is 2. The van der Waals surface area contributed by atoms with Gasteiger partial charge in [0, 0.05) is 36.4 Å². The Bertz CT molecular complexity index is 594. The van der Waals surface area contributed by atoms with Crippen LogP contribution in [0.3, 0.4) is 0 Å². The number of imidazole rings is 1. The topological polar surface area (TPSA) is 35.4 Å². The molecule has 0 aliphatic carbocycles. The van der Waals surface area contributed by atoms with Gasteiger partial charge in [0.05, 0.1) is 18.2 Å². The minimum atomic E-state index is 0.594. The minimum absolute atomic E-state index is 0.594. The van der Waals surface area contributed by atoms with E-state index in [2.05, 4.69) is 9.67 Å². The van der Waals surface area contributed by atoms with E-state index in [1.54, 1.807) is 12.5 Å². The number of halogens is 1. The average Bonchev–Trinajstić information content (AvgIpc) is 2.93. The van der Waals surface area contributed by atoms with Gasteiger partial charge in [-0.3, -0.25) is 0 Å². The molecular formula is C11H10ClN3O. The van der Waals surface area contributed by atoms with Crippen LogP contribution in [0, 0.1) is 0 Å². The third kappa shape index (κ3) is 1.42. The monoisotopic (exact) mass is 235 g/mol. The Morgan fingerprint density at radius 3 is 3.06 bits per heavy atom. The summed E-state index contributed by atoms with van der Waals surface area (Å²) in [5.74, 6) is 0.594. The summed E-state index contributed by atoms with van der Waals surface area (Å²) in [6.07, 6.45) is 7.23. The van der Waals surface area contributed by atoms with Crippen LogP contribution in [-0.2, 0) is 6.54 Å². The molecule has 0 atom stereocenters. The Labute approximate surface area is 97.0 Å². The Kier molecular flexibility index (Phi) is 2.22. The maximum absolute atomic E-state index is 5.73. The molecule has 0 amide bonds. The molecule has 0 aliphatic rings. The van der Waals surface area contributed by atoms with Gasteiger partial charge in [0.2, 0.25) is 0 Å². The largest absolute Gasteiger partial charge is 0.472 e. The molecule has 3 heterocycles. The predicted octanol–water partition coefficient (Wildman–Crippen LogP) is 2.63. The van der Waals surface area contributed by atoms with Crippen molar-refractivity contribution in [3.8, 4) is 11.3 Å². The first kappa shape index (κ1) is 9.54. The van der Waals surface area contributed by atoms with Gasteiger partial charge in [-0.25, -0.2) is 4.52 Å². The normalized spacial score (nSPS) is 11.3. The summed E-state index contributed by atoms with van der Waals surface area (Å²) in [6.45, 7) is 0.786. The molecule has 0 spiro atoms. The van der Waals surface area contributed by atoms with Gasteiger partial charge >= 0.3 is 0 Å². The van der Waals surface area contributed by atoms with Gasteiger partial charge in [-0.05, 0) is 6.07 Å². The number of aromatic nitrogens is 3. The molecule has 3 aromatic heterocycles. The van der Waals surface area contributed by atoms with E-state index in [1.165, 1.54) is 0 Å². The van der Waals surface area contributed by atoms with Crippen LogP contribution in [0.25, 0.3) is 16.9 Å². The molecule has 5 heteroatoms. The number of hydrogen-bond donors (Lipinski definition) is 0. The van der Waals surface area contributed by atoms with Gasteiger partial charge in [-0.2, -0.15) is 5.10 Å². The number of rotatable bonds is 3. The lowest BCUT2D eigenvalue weighted by Crippen LogP contribution is -1.96. The quantitative estimate of drug-likeness (QED) is 0.655. The van der Waals surface area contributed by atoms with Crippen LogP contribution in [0.4, 0.5) is 0 Å². The molecular weight excluding hydrogens is 226 g/mol. The molecule has 16 heavy (non-hydrogen) atoms. The third-order valence-corrected chi connectivity index (χ3v) is 2.71. The summed E-state index contributed by atoms with van der Waals surface area (Å²) in [5, 5.41) is 4.45. The zero-order valence-corrected chi connectivity index (χ0v) is 9.26. The summed E-state index contributed by atoms with van der Waals surface area (Å²) in [4.78, 5) is 0. The van der Waals surface area contributed by atoms with Crippen molar-refractivity contribution in [1.82, 2.24) is 14.2 Å². The van der Waals surface area contributed by atoms with E-state index in [-0.39, 0.29) is 0 Å². The lowest BCUT2D eigenvalue weighted by molar-refractivity contribution is 0.568. The van der Waals surface area contributed by atoms with E-state index in [0.717, 1.165) is 23.4 Å². The number of aryl methyl sites for hydroxylation is 1. The highest BCUT2D eigenvalue weighted by Crippen LogP contribution is 2.20. The fraction of sp³-hybridized carbons (Fsp3) is 0.182. The molecule has 0 fully saturated rings. The van der Waals surface area contributed by atoms with Crippen molar-refractivity contribution in [2.24, 2.45) is 0 Å². The van der Waals surface area contributed by atoms with E-state index in [9.17, 15) is 0 Å². The molecule has 0 saturated carbocycles. The molecule has 0 bridgehead atoms. The van der Waals surface area contributed by atoms with Crippen molar-refractivity contribution in [2.75, 3.05) is 5.88 Å². The average molecular weight is 236 g/mol. The zero-order chi connectivity index (χ0) is 11.0. The lowest BCUT2D eigenvalue weighted by atomic mass is 10.2. The number of nitrogens with zero attached hydrogens (tertiary/aromatic N) is 3. The lowest BCUT2D eigenvalue weighted by Gasteiger charge is -1.96. The van der Waals surface area contributed by atoms with Crippen LogP contribution >= 0.6 is 11.6 Å². The number of fused-ring (bicyclic) bond motifs is 1. The Balaban J connectivity index is 2.09. The molecule has 0 aliphatic heterocycles. The van der Waals surface area contributed by atoms with Gasteiger partial charge in [0.15, 0.2) is 0 Å². The van der Waals surface area contributed by atoms with E-state index in [4.69, 9.17) is 16.0 Å². The van der Waals surface area contributed by atoms with Crippen LogP contribution in [0.1, 0.15) is 0 Å². The molecule has 0 unspecified atom stereocenters. The fourth-order valence-electron chi connectivity index (χ4n) is 1.76. The van der Waals surface area contributed by atoms with Crippen LogP contribution in [0.15, 0.2) is 41.5 Å². The van der Waals surface area contributed by atoms with Crippen LogP contribution in [-0.4, -0.2) is 20.1 Å². The first-order valence-electron chi connectivity index (χ1n) is 5.01. The Morgan fingerprint density at radius 2 is 2.31 bits per heavy atom. The summed E-state index contributed by atoms with van der Waals surface area (Å²) in [6, 6.07) is 3.92. The van der Waals surface area contributed by atoms with Gasteiger partial charge in [-0.1, -0.05) is 0 Å². The summed E-state index contributed by atoms with van der Waals surface area (Å²) in [7, 11) is 0. The molecule has 0 aromatic carbocycles. The third-order valence-electron chi connectivity index (χ3n) is 2.54. The smallest absolute Gasteiger partial charge is 0.136 e. The summed E-state index contributed by atoms with van der Waals surface area (Å²) in [5.41, 5.74) is 2.94. The van der Waals surface area contributed by atoms with E-state index >= 15 is 0 Å². The predicted molar refractivity (Wildman–Crippen MR) is 61.6 cm³/mol. The second kappa shape index (κ2) is 3.72. The van der Waals surface area contributed by atoms with Crippen molar-refractivity contribution in [3.05, 3.63) is 37.1 Å². The van der Waals surface area contributed by atoms with Crippen molar-refractivity contribution in [2.45, 2.75) is 6.54 Å². The molecule has 3 rings (SSSR count). The maximum atomic E-state index is 5.73. The van der Waals surface area contributed by atoms with Gasteiger partial charge in [0.25, 0.3) is 0 Å². The molecule has 82 valence electrons.